The zero-order chi connectivity index (χ0) is 19.6. The lowest BCUT2D eigenvalue weighted by Gasteiger charge is -2.07. The summed E-state index contributed by atoms with van der Waals surface area (Å²) < 4.78 is 28.6. The van der Waals surface area contributed by atoms with Crippen molar-refractivity contribution in [3.63, 3.8) is 0 Å². The molecule has 0 bridgehead atoms. The third-order valence-corrected chi connectivity index (χ3v) is 4.99. The summed E-state index contributed by atoms with van der Waals surface area (Å²) in [5.41, 5.74) is 2.05. The Bertz CT molecular complexity index is 982. The number of carbonyl (C=O) groups excluding carboxylic acids is 1. The molecular weight excluding hydrogens is 372 g/mol. The predicted octanol–water partition coefficient (Wildman–Crippen LogP) is 3.75. The summed E-state index contributed by atoms with van der Waals surface area (Å²) in [4.78, 5) is 12.4. The van der Waals surface area contributed by atoms with E-state index in [1.54, 1.807) is 13.8 Å². The van der Waals surface area contributed by atoms with E-state index in [0.717, 1.165) is 23.9 Å². The average Bonchev–Trinajstić information content (AvgIpc) is 3.15. The zero-order valence-corrected chi connectivity index (χ0v) is 16.0. The summed E-state index contributed by atoms with van der Waals surface area (Å²) >= 11 is 1.35. The van der Waals surface area contributed by atoms with E-state index in [1.807, 2.05) is 6.92 Å². The van der Waals surface area contributed by atoms with Gasteiger partial charge in [-0.25, -0.2) is 13.5 Å². The molecule has 0 atom stereocenters. The highest BCUT2D eigenvalue weighted by molar-refractivity contribution is 7.15. The number of carbonyl (C=O) groups is 1. The third kappa shape index (κ3) is 4.19. The number of hydrogen-bond acceptors (Lipinski definition) is 5. The molecule has 0 radical (unpaired) electrons. The molecule has 142 valence electrons. The standard InChI is InChI=1S/C18H19F2N5OS/c1-4-5-17-22-23-18(27-17)21-16(26)9-13-10(2)24-25(11(13)3)15-7-6-12(19)8-14(15)20/h6-8H,4-5,9H2,1-3H3,(H,21,23,26). The molecular formula is C18H19F2N5OS. The Labute approximate surface area is 159 Å². The van der Waals surface area contributed by atoms with Crippen LogP contribution in [0.15, 0.2) is 18.2 Å². The molecule has 6 nitrogen and oxygen atoms in total. The van der Waals surface area contributed by atoms with E-state index in [1.165, 1.54) is 28.2 Å². The molecule has 0 saturated heterocycles. The molecule has 0 aliphatic rings. The fraction of sp³-hybridized carbons (Fsp3) is 0.333. The number of halogens is 2. The van der Waals surface area contributed by atoms with Crippen LogP contribution >= 0.6 is 11.3 Å². The van der Waals surface area contributed by atoms with Crippen LogP contribution in [0.2, 0.25) is 0 Å². The van der Waals surface area contributed by atoms with Crippen molar-refractivity contribution in [3.8, 4) is 5.69 Å². The molecule has 9 heteroatoms. The first kappa shape index (κ1) is 19.1. The minimum Gasteiger partial charge on any atom is -0.300 e. The molecule has 1 aromatic carbocycles. The van der Waals surface area contributed by atoms with Gasteiger partial charge < -0.3 is 5.32 Å². The molecule has 3 aromatic rings. The van der Waals surface area contributed by atoms with Crippen molar-refractivity contribution in [3.05, 3.63) is 51.8 Å². The van der Waals surface area contributed by atoms with E-state index >= 15 is 0 Å². The number of amides is 1. The van der Waals surface area contributed by atoms with Gasteiger partial charge in [0.25, 0.3) is 0 Å². The Morgan fingerprint density at radius 1 is 1.26 bits per heavy atom. The van der Waals surface area contributed by atoms with Gasteiger partial charge in [-0.2, -0.15) is 5.10 Å². The fourth-order valence-corrected chi connectivity index (χ4v) is 3.62. The second kappa shape index (κ2) is 7.91. The second-order valence-corrected chi connectivity index (χ2v) is 7.19. The molecule has 2 heterocycles. The number of benzene rings is 1. The van der Waals surface area contributed by atoms with Gasteiger partial charge in [0.2, 0.25) is 11.0 Å². The van der Waals surface area contributed by atoms with Crippen molar-refractivity contribution in [2.45, 2.75) is 40.0 Å². The quantitative estimate of drug-likeness (QED) is 0.695. The number of hydrogen-bond donors (Lipinski definition) is 1. The van der Waals surface area contributed by atoms with Crippen LogP contribution in [0.5, 0.6) is 0 Å². The zero-order valence-electron chi connectivity index (χ0n) is 15.2. The number of aromatic nitrogens is 4. The van der Waals surface area contributed by atoms with Crippen LogP contribution in [-0.2, 0) is 17.6 Å². The Kier molecular flexibility index (Phi) is 5.59. The molecule has 0 aliphatic heterocycles. The van der Waals surface area contributed by atoms with Crippen LogP contribution < -0.4 is 5.32 Å². The van der Waals surface area contributed by atoms with Crippen molar-refractivity contribution in [2.75, 3.05) is 5.32 Å². The molecule has 2 aromatic heterocycles. The van der Waals surface area contributed by atoms with Gasteiger partial charge in [0.05, 0.1) is 12.1 Å². The third-order valence-electron chi connectivity index (χ3n) is 4.09. The molecule has 1 N–H and O–H groups in total. The Morgan fingerprint density at radius 3 is 2.74 bits per heavy atom. The van der Waals surface area contributed by atoms with Crippen LogP contribution in [0.3, 0.4) is 0 Å². The fourth-order valence-electron chi connectivity index (χ4n) is 2.76. The summed E-state index contributed by atoms with van der Waals surface area (Å²) in [6.07, 6.45) is 1.85. The molecule has 0 unspecified atom stereocenters. The van der Waals surface area contributed by atoms with Crippen molar-refractivity contribution in [1.29, 1.82) is 0 Å². The number of nitrogens with one attached hydrogen (secondary N) is 1. The van der Waals surface area contributed by atoms with Crippen molar-refractivity contribution < 1.29 is 13.6 Å². The van der Waals surface area contributed by atoms with Crippen LogP contribution in [0.1, 0.15) is 35.3 Å². The SMILES string of the molecule is CCCc1nnc(NC(=O)Cc2c(C)nn(-c3ccc(F)cc3F)c2C)s1. The van der Waals surface area contributed by atoms with E-state index in [9.17, 15) is 13.6 Å². The highest BCUT2D eigenvalue weighted by atomic mass is 32.1. The summed E-state index contributed by atoms with van der Waals surface area (Å²) in [6.45, 7) is 5.54. The molecule has 0 spiro atoms. The Balaban J connectivity index is 1.78. The molecule has 0 aliphatic carbocycles. The molecule has 1 amide bonds. The van der Waals surface area contributed by atoms with Crippen LogP contribution in [-0.4, -0.2) is 25.9 Å². The molecule has 0 fully saturated rings. The van der Waals surface area contributed by atoms with Gasteiger partial charge in [-0.3, -0.25) is 4.79 Å². The highest BCUT2D eigenvalue weighted by Gasteiger charge is 2.19. The van der Waals surface area contributed by atoms with Crippen molar-refractivity contribution >= 4 is 22.4 Å². The van der Waals surface area contributed by atoms with Gasteiger partial charge in [-0.1, -0.05) is 18.3 Å². The smallest absolute Gasteiger partial charge is 0.230 e. The lowest BCUT2D eigenvalue weighted by atomic mass is 10.1. The van der Waals surface area contributed by atoms with E-state index in [4.69, 9.17) is 0 Å². The minimum absolute atomic E-state index is 0.0726. The van der Waals surface area contributed by atoms with Crippen LogP contribution in [0, 0.1) is 25.5 Å². The van der Waals surface area contributed by atoms with E-state index in [2.05, 4.69) is 20.6 Å². The number of aryl methyl sites for hydroxylation is 2. The van der Waals surface area contributed by atoms with Gasteiger partial charge in [0, 0.05) is 23.7 Å². The Morgan fingerprint density at radius 2 is 2.04 bits per heavy atom. The highest BCUT2D eigenvalue weighted by Crippen LogP contribution is 2.22. The summed E-state index contributed by atoms with van der Waals surface area (Å²) in [7, 11) is 0. The maximum Gasteiger partial charge on any atom is 0.230 e. The lowest BCUT2D eigenvalue weighted by molar-refractivity contribution is -0.115. The average molecular weight is 391 g/mol. The summed E-state index contributed by atoms with van der Waals surface area (Å²) in [5.74, 6) is -1.62. The molecule has 3 rings (SSSR count). The first-order valence-electron chi connectivity index (χ1n) is 8.51. The topological polar surface area (TPSA) is 72.7 Å². The van der Waals surface area contributed by atoms with E-state index in [-0.39, 0.29) is 18.0 Å². The summed E-state index contributed by atoms with van der Waals surface area (Å²) in [6, 6.07) is 3.30. The first-order chi connectivity index (χ1) is 12.9. The van der Waals surface area contributed by atoms with Gasteiger partial charge >= 0.3 is 0 Å². The van der Waals surface area contributed by atoms with Gasteiger partial charge in [0.1, 0.15) is 16.5 Å². The monoisotopic (exact) mass is 391 g/mol. The maximum absolute atomic E-state index is 14.1. The van der Waals surface area contributed by atoms with Crippen LogP contribution in [0.25, 0.3) is 5.69 Å². The number of rotatable bonds is 6. The van der Waals surface area contributed by atoms with E-state index < -0.39 is 11.6 Å². The largest absolute Gasteiger partial charge is 0.300 e. The lowest BCUT2D eigenvalue weighted by Crippen LogP contribution is -2.15. The second-order valence-electron chi connectivity index (χ2n) is 6.13. The van der Waals surface area contributed by atoms with Crippen LogP contribution in [0.4, 0.5) is 13.9 Å². The first-order valence-corrected chi connectivity index (χ1v) is 9.33. The Hall–Kier alpha value is -2.68. The van der Waals surface area contributed by atoms with Crippen molar-refractivity contribution in [1.82, 2.24) is 20.0 Å². The number of nitrogens with zero attached hydrogens (tertiary/aromatic N) is 4. The molecule has 27 heavy (non-hydrogen) atoms. The predicted molar refractivity (Wildman–Crippen MR) is 99.2 cm³/mol. The normalized spacial score (nSPS) is 11.0. The van der Waals surface area contributed by atoms with Gasteiger partial charge in [0.15, 0.2) is 5.82 Å². The molecule has 0 saturated carbocycles. The summed E-state index contributed by atoms with van der Waals surface area (Å²) in [5, 5.41) is 16.4. The minimum atomic E-state index is -0.714. The van der Waals surface area contributed by atoms with Gasteiger partial charge in [-0.15, -0.1) is 10.2 Å². The number of anilines is 1. The van der Waals surface area contributed by atoms with Gasteiger partial charge in [-0.05, 0) is 32.4 Å². The van der Waals surface area contributed by atoms with E-state index in [0.29, 0.717) is 22.1 Å². The maximum atomic E-state index is 14.1. The van der Waals surface area contributed by atoms with Crippen molar-refractivity contribution in [2.24, 2.45) is 0 Å².